The summed E-state index contributed by atoms with van der Waals surface area (Å²) in [6.45, 7) is 3.02. The predicted molar refractivity (Wildman–Crippen MR) is 88.0 cm³/mol. The summed E-state index contributed by atoms with van der Waals surface area (Å²) in [5.74, 6) is 1.02. The van der Waals surface area contributed by atoms with Crippen LogP contribution in [0.15, 0.2) is 47.2 Å². The first kappa shape index (κ1) is 14.2. The molecule has 0 fully saturated rings. The molecular formula is C16H17BrN4. The molecule has 0 spiro atoms. The summed E-state index contributed by atoms with van der Waals surface area (Å²) in [5.41, 5.74) is 9.52. The predicted octanol–water partition coefficient (Wildman–Crippen LogP) is 3.46. The van der Waals surface area contributed by atoms with Crippen LogP contribution in [-0.2, 0) is 13.0 Å². The Morgan fingerprint density at radius 3 is 2.86 bits per heavy atom. The standard InChI is InChI=1S/C16H17BrN4/c1-2-21-15-6-4-3-5-14(15)20-16(21)8-13(18)11-7-12(17)10-19-9-11/h3-7,9-10,13H,2,8,18H2,1H3. The summed E-state index contributed by atoms with van der Waals surface area (Å²) in [4.78, 5) is 8.90. The second-order valence-electron chi connectivity index (χ2n) is 5.01. The Kier molecular flexibility index (Phi) is 4.03. The van der Waals surface area contributed by atoms with E-state index in [0.717, 1.165) is 33.4 Å². The molecule has 2 heterocycles. The Balaban J connectivity index is 1.94. The van der Waals surface area contributed by atoms with Crippen LogP contribution in [0.4, 0.5) is 0 Å². The van der Waals surface area contributed by atoms with Crippen LogP contribution in [0.25, 0.3) is 11.0 Å². The van der Waals surface area contributed by atoms with Crippen LogP contribution in [0.2, 0.25) is 0 Å². The molecule has 21 heavy (non-hydrogen) atoms. The van der Waals surface area contributed by atoms with Crippen molar-refractivity contribution in [3.05, 3.63) is 58.6 Å². The molecule has 5 heteroatoms. The highest BCUT2D eigenvalue weighted by Gasteiger charge is 2.14. The summed E-state index contributed by atoms with van der Waals surface area (Å²) >= 11 is 3.43. The zero-order chi connectivity index (χ0) is 14.8. The van der Waals surface area contributed by atoms with Crippen LogP contribution in [-0.4, -0.2) is 14.5 Å². The Morgan fingerprint density at radius 1 is 1.29 bits per heavy atom. The highest BCUT2D eigenvalue weighted by Crippen LogP contribution is 2.22. The fourth-order valence-corrected chi connectivity index (χ4v) is 2.96. The summed E-state index contributed by atoms with van der Waals surface area (Å²) in [6, 6.07) is 10.1. The van der Waals surface area contributed by atoms with E-state index in [1.807, 2.05) is 30.5 Å². The largest absolute Gasteiger partial charge is 0.328 e. The third-order valence-electron chi connectivity index (χ3n) is 3.61. The number of hydrogen-bond donors (Lipinski definition) is 1. The number of aromatic nitrogens is 3. The van der Waals surface area contributed by atoms with Crippen LogP contribution in [0, 0.1) is 0 Å². The Morgan fingerprint density at radius 2 is 2.10 bits per heavy atom. The van der Waals surface area contributed by atoms with Gasteiger partial charge in [0.15, 0.2) is 0 Å². The number of aryl methyl sites for hydroxylation is 1. The third kappa shape index (κ3) is 2.84. The number of imidazole rings is 1. The normalized spacial score (nSPS) is 12.7. The van der Waals surface area contributed by atoms with Crippen LogP contribution in [0.5, 0.6) is 0 Å². The van der Waals surface area contributed by atoms with E-state index in [0.29, 0.717) is 6.42 Å². The fraction of sp³-hybridized carbons (Fsp3) is 0.250. The Labute approximate surface area is 132 Å². The van der Waals surface area contributed by atoms with Gasteiger partial charge in [-0.1, -0.05) is 12.1 Å². The maximum Gasteiger partial charge on any atom is 0.111 e. The van der Waals surface area contributed by atoms with Crippen molar-refractivity contribution in [3.63, 3.8) is 0 Å². The van der Waals surface area contributed by atoms with Crippen molar-refractivity contribution in [1.29, 1.82) is 0 Å². The maximum atomic E-state index is 6.33. The molecule has 1 aromatic carbocycles. The number of nitrogens with two attached hydrogens (primary N) is 1. The van der Waals surface area contributed by atoms with Gasteiger partial charge in [-0.15, -0.1) is 0 Å². The third-order valence-corrected chi connectivity index (χ3v) is 4.04. The molecule has 3 rings (SSSR count). The molecule has 1 atom stereocenters. The number of para-hydroxylation sites is 2. The number of benzene rings is 1. The lowest BCUT2D eigenvalue weighted by Gasteiger charge is -2.13. The summed E-state index contributed by atoms with van der Waals surface area (Å²) in [6.07, 6.45) is 4.27. The van der Waals surface area contributed by atoms with E-state index in [-0.39, 0.29) is 6.04 Å². The minimum Gasteiger partial charge on any atom is -0.328 e. The van der Waals surface area contributed by atoms with Crippen molar-refractivity contribution in [3.8, 4) is 0 Å². The molecule has 2 aromatic heterocycles. The topological polar surface area (TPSA) is 56.7 Å². The van der Waals surface area contributed by atoms with E-state index in [2.05, 4.69) is 38.5 Å². The van der Waals surface area contributed by atoms with Crippen LogP contribution < -0.4 is 5.73 Å². The highest BCUT2D eigenvalue weighted by molar-refractivity contribution is 9.10. The van der Waals surface area contributed by atoms with Crippen LogP contribution in [0.3, 0.4) is 0 Å². The van der Waals surface area contributed by atoms with Crippen LogP contribution >= 0.6 is 15.9 Å². The van der Waals surface area contributed by atoms with Crippen molar-refractivity contribution in [2.45, 2.75) is 25.9 Å². The van der Waals surface area contributed by atoms with Crippen molar-refractivity contribution < 1.29 is 0 Å². The second-order valence-corrected chi connectivity index (χ2v) is 5.92. The van der Waals surface area contributed by atoms with Gasteiger partial charge in [0.2, 0.25) is 0 Å². The smallest absolute Gasteiger partial charge is 0.111 e. The van der Waals surface area contributed by atoms with E-state index in [1.54, 1.807) is 6.20 Å². The van der Waals surface area contributed by atoms with Gasteiger partial charge in [-0.25, -0.2) is 4.98 Å². The number of hydrogen-bond acceptors (Lipinski definition) is 3. The molecule has 0 amide bonds. The Bertz CT molecular complexity index is 766. The maximum absolute atomic E-state index is 6.33. The summed E-state index contributed by atoms with van der Waals surface area (Å²) < 4.78 is 3.17. The van der Waals surface area contributed by atoms with Crippen molar-refractivity contribution in [1.82, 2.24) is 14.5 Å². The molecule has 2 N–H and O–H groups in total. The molecule has 0 aliphatic heterocycles. The molecule has 0 bridgehead atoms. The summed E-state index contributed by atoms with van der Waals surface area (Å²) in [5, 5.41) is 0. The minimum atomic E-state index is -0.114. The van der Waals surface area contributed by atoms with Crippen molar-refractivity contribution in [2.75, 3.05) is 0 Å². The van der Waals surface area contributed by atoms with Crippen LogP contribution in [0.1, 0.15) is 24.4 Å². The lowest BCUT2D eigenvalue weighted by Crippen LogP contribution is -2.16. The molecule has 0 saturated heterocycles. The molecule has 4 nitrogen and oxygen atoms in total. The number of nitrogens with zero attached hydrogens (tertiary/aromatic N) is 3. The second kappa shape index (κ2) is 5.95. The lowest BCUT2D eigenvalue weighted by atomic mass is 10.1. The molecule has 1 unspecified atom stereocenters. The van der Waals surface area contributed by atoms with Gasteiger partial charge in [-0.3, -0.25) is 4.98 Å². The van der Waals surface area contributed by atoms with Gasteiger partial charge in [-0.2, -0.15) is 0 Å². The van der Waals surface area contributed by atoms with E-state index in [1.165, 1.54) is 0 Å². The average molecular weight is 345 g/mol. The molecule has 3 aromatic rings. The molecule has 0 aliphatic carbocycles. The molecule has 108 valence electrons. The molecular weight excluding hydrogens is 328 g/mol. The molecule has 0 aliphatic rings. The minimum absolute atomic E-state index is 0.114. The highest BCUT2D eigenvalue weighted by atomic mass is 79.9. The first-order valence-corrected chi connectivity index (χ1v) is 7.78. The SMILES string of the molecule is CCn1c(CC(N)c2cncc(Br)c2)nc2ccccc21. The van der Waals surface area contributed by atoms with Gasteiger partial charge in [-0.05, 0) is 46.6 Å². The lowest BCUT2D eigenvalue weighted by molar-refractivity contribution is 0.635. The number of pyridine rings is 1. The zero-order valence-corrected chi connectivity index (χ0v) is 13.4. The average Bonchev–Trinajstić information content (AvgIpc) is 2.84. The van der Waals surface area contributed by atoms with E-state index < -0.39 is 0 Å². The summed E-state index contributed by atoms with van der Waals surface area (Å²) in [7, 11) is 0. The van der Waals surface area contributed by atoms with E-state index >= 15 is 0 Å². The molecule has 0 saturated carbocycles. The number of rotatable bonds is 4. The fourth-order valence-electron chi connectivity index (χ4n) is 2.58. The van der Waals surface area contributed by atoms with Gasteiger partial charge in [0.05, 0.1) is 11.0 Å². The monoisotopic (exact) mass is 344 g/mol. The van der Waals surface area contributed by atoms with E-state index in [4.69, 9.17) is 10.7 Å². The van der Waals surface area contributed by atoms with Gasteiger partial charge < -0.3 is 10.3 Å². The first-order valence-electron chi connectivity index (χ1n) is 6.99. The quantitative estimate of drug-likeness (QED) is 0.788. The number of halogens is 1. The van der Waals surface area contributed by atoms with Gasteiger partial charge >= 0.3 is 0 Å². The van der Waals surface area contributed by atoms with Gasteiger partial charge in [0.1, 0.15) is 5.82 Å². The van der Waals surface area contributed by atoms with Crippen molar-refractivity contribution in [2.24, 2.45) is 5.73 Å². The zero-order valence-electron chi connectivity index (χ0n) is 11.8. The van der Waals surface area contributed by atoms with Gasteiger partial charge in [0, 0.05) is 35.9 Å². The van der Waals surface area contributed by atoms with Crippen molar-refractivity contribution >= 4 is 27.0 Å². The van der Waals surface area contributed by atoms with Gasteiger partial charge in [0.25, 0.3) is 0 Å². The number of fused-ring (bicyclic) bond motifs is 1. The molecule has 0 radical (unpaired) electrons. The Hall–Kier alpha value is -1.72. The van der Waals surface area contributed by atoms with E-state index in [9.17, 15) is 0 Å². The first-order chi connectivity index (χ1) is 10.2.